The van der Waals surface area contributed by atoms with Crippen LogP contribution >= 0.6 is 0 Å². The summed E-state index contributed by atoms with van der Waals surface area (Å²) in [6, 6.07) is 2.97. The molecule has 14 heavy (non-hydrogen) atoms. The van der Waals surface area contributed by atoms with Gasteiger partial charge in [-0.05, 0) is 30.5 Å². The number of nitro groups is 1. The summed E-state index contributed by atoms with van der Waals surface area (Å²) in [5, 5.41) is 13.9. The Labute approximate surface area is 79.9 Å². The fourth-order valence-electron chi connectivity index (χ4n) is 1.11. The Morgan fingerprint density at radius 1 is 1.50 bits per heavy atom. The average molecular weight is 192 g/mol. The zero-order valence-electron chi connectivity index (χ0n) is 7.76. The Hall–Kier alpha value is -2.07. The maximum Gasteiger partial charge on any atom is 0.279 e. The molecule has 1 rings (SSSR count). The van der Waals surface area contributed by atoms with Gasteiger partial charge in [-0.15, -0.1) is 0 Å². The molecule has 0 aliphatic carbocycles. The first-order valence-electron chi connectivity index (χ1n) is 3.87. The molecule has 0 aliphatic heterocycles. The van der Waals surface area contributed by atoms with Crippen molar-refractivity contribution in [3.8, 4) is 0 Å². The number of hydrogen-bond acceptors (Lipinski definition) is 3. The average Bonchev–Trinajstić information content (AvgIpc) is 2.13. The van der Waals surface area contributed by atoms with Gasteiger partial charge in [-0.3, -0.25) is 10.1 Å². The molecule has 1 aromatic rings. The van der Waals surface area contributed by atoms with Crippen molar-refractivity contribution in [3.05, 3.63) is 43.8 Å². The number of hydrogen-bond donors (Lipinski definition) is 0. The van der Waals surface area contributed by atoms with E-state index >= 15 is 0 Å². The summed E-state index contributed by atoms with van der Waals surface area (Å²) in [5.41, 5.74) is 9.71. The van der Waals surface area contributed by atoms with Crippen molar-refractivity contribution in [1.29, 1.82) is 0 Å². The molecule has 0 saturated heterocycles. The minimum Gasteiger partial charge on any atom is -0.258 e. The van der Waals surface area contributed by atoms with Gasteiger partial charge in [-0.1, -0.05) is 11.2 Å². The van der Waals surface area contributed by atoms with Gasteiger partial charge in [0.2, 0.25) is 0 Å². The summed E-state index contributed by atoms with van der Waals surface area (Å²) in [4.78, 5) is 12.6. The molecule has 72 valence electrons. The van der Waals surface area contributed by atoms with Gasteiger partial charge in [0.25, 0.3) is 5.69 Å². The van der Waals surface area contributed by atoms with Crippen LogP contribution < -0.4 is 0 Å². The number of benzene rings is 1. The molecule has 6 nitrogen and oxygen atoms in total. The number of azide groups is 1. The van der Waals surface area contributed by atoms with E-state index in [9.17, 15) is 10.1 Å². The van der Waals surface area contributed by atoms with E-state index in [4.69, 9.17) is 5.53 Å². The van der Waals surface area contributed by atoms with Gasteiger partial charge in [0.15, 0.2) is 0 Å². The van der Waals surface area contributed by atoms with E-state index in [2.05, 4.69) is 10.0 Å². The van der Waals surface area contributed by atoms with Crippen molar-refractivity contribution < 1.29 is 4.92 Å². The van der Waals surface area contributed by atoms with Crippen molar-refractivity contribution in [2.75, 3.05) is 0 Å². The Morgan fingerprint density at radius 2 is 2.14 bits per heavy atom. The molecule has 0 aliphatic rings. The lowest BCUT2D eigenvalue weighted by molar-refractivity contribution is -0.384. The summed E-state index contributed by atoms with van der Waals surface area (Å²) in [6.45, 7) is 3.49. The Bertz CT molecular complexity index is 435. The third-order valence-electron chi connectivity index (χ3n) is 2.02. The fraction of sp³-hybridized carbons (Fsp3) is 0.250. The summed E-state index contributed by atoms with van der Waals surface area (Å²) in [5.74, 6) is 0. The standard InChI is InChI=1S/C8H8N4O2/c1-5-3-4-7(12(13)14)8(6(5)2)10-11-9/h3-4H,1-2H3. The molecule has 0 radical (unpaired) electrons. The van der Waals surface area contributed by atoms with Gasteiger partial charge in [-0.25, -0.2) is 0 Å². The number of nitrogens with zero attached hydrogens (tertiary/aromatic N) is 4. The molecule has 0 bridgehead atoms. The molecule has 0 saturated carbocycles. The van der Waals surface area contributed by atoms with Crippen LogP contribution in [0.4, 0.5) is 11.4 Å². The van der Waals surface area contributed by atoms with E-state index in [1.54, 1.807) is 19.9 Å². The lowest BCUT2D eigenvalue weighted by Gasteiger charge is -2.03. The SMILES string of the molecule is Cc1ccc([N+](=O)[O-])c(N=[N+]=[N-])c1C. The van der Waals surface area contributed by atoms with E-state index in [1.807, 2.05) is 0 Å². The topological polar surface area (TPSA) is 91.9 Å². The van der Waals surface area contributed by atoms with Crippen molar-refractivity contribution in [2.45, 2.75) is 13.8 Å². The molecular formula is C8H8N4O2. The molecule has 0 atom stereocenters. The monoisotopic (exact) mass is 192 g/mol. The van der Waals surface area contributed by atoms with Crippen LogP contribution in [0.25, 0.3) is 10.4 Å². The van der Waals surface area contributed by atoms with Gasteiger partial charge in [0.05, 0.1) is 4.92 Å². The molecule has 0 unspecified atom stereocenters. The van der Waals surface area contributed by atoms with Crippen LogP contribution in [0, 0.1) is 24.0 Å². The van der Waals surface area contributed by atoms with Gasteiger partial charge < -0.3 is 0 Å². The van der Waals surface area contributed by atoms with E-state index in [-0.39, 0.29) is 11.4 Å². The van der Waals surface area contributed by atoms with Crippen LogP contribution in [-0.4, -0.2) is 4.92 Å². The largest absolute Gasteiger partial charge is 0.279 e. The predicted octanol–water partition coefficient (Wildman–Crippen LogP) is 3.15. The molecule has 0 fully saturated rings. The van der Waals surface area contributed by atoms with Crippen LogP contribution in [0.5, 0.6) is 0 Å². The maximum absolute atomic E-state index is 10.6. The molecule has 1 aromatic carbocycles. The van der Waals surface area contributed by atoms with Crippen LogP contribution in [-0.2, 0) is 0 Å². The lowest BCUT2D eigenvalue weighted by Crippen LogP contribution is -1.91. The van der Waals surface area contributed by atoms with E-state index in [0.29, 0.717) is 5.56 Å². The first-order chi connectivity index (χ1) is 6.57. The molecule has 0 heterocycles. The zero-order valence-corrected chi connectivity index (χ0v) is 7.76. The molecular weight excluding hydrogens is 184 g/mol. The molecule has 0 amide bonds. The highest BCUT2D eigenvalue weighted by Gasteiger charge is 2.15. The van der Waals surface area contributed by atoms with Crippen molar-refractivity contribution in [2.24, 2.45) is 5.11 Å². The minimum absolute atomic E-state index is 0.0949. The number of aryl methyl sites for hydroxylation is 1. The quantitative estimate of drug-likeness (QED) is 0.236. The van der Waals surface area contributed by atoms with Crippen LogP contribution in [0.3, 0.4) is 0 Å². The minimum atomic E-state index is -0.559. The molecule has 0 spiro atoms. The van der Waals surface area contributed by atoms with E-state index in [0.717, 1.165) is 5.56 Å². The maximum atomic E-state index is 10.6. The van der Waals surface area contributed by atoms with Gasteiger partial charge in [0, 0.05) is 11.0 Å². The van der Waals surface area contributed by atoms with Crippen LogP contribution in [0.1, 0.15) is 11.1 Å². The summed E-state index contributed by atoms with van der Waals surface area (Å²) in [6.07, 6.45) is 0. The number of rotatable bonds is 2. The van der Waals surface area contributed by atoms with E-state index < -0.39 is 4.92 Å². The molecule has 6 heteroatoms. The van der Waals surface area contributed by atoms with E-state index in [1.165, 1.54) is 6.07 Å². The Kier molecular flexibility index (Phi) is 2.69. The molecule has 0 N–H and O–H groups in total. The smallest absolute Gasteiger partial charge is 0.258 e. The second-order valence-corrected chi connectivity index (χ2v) is 2.82. The Balaban J connectivity index is 3.52. The highest BCUT2D eigenvalue weighted by atomic mass is 16.6. The van der Waals surface area contributed by atoms with Crippen molar-refractivity contribution >= 4 is 11.4 Å². The predicted molar refractivity (Wildman–Crippen MR) is 51.4 cm³/mol. The normalized spacial score (nSPS) is 9.29. The highest BCUT2D eigenvalue weighted by molar-refractivity contribution is 5.64. The van der Waals surface area contributed by atoms with Crippen LogP contribution in [0.2, 0.25) is 0 Å². The first kappa shape index (κ1) is 10.0. The lowest BCUT2D eigenvalue weighted by atomic mass is 10.1. The third kappa shape index (κ3) is 1.65. The molecule has 0 aromatic heterocycles. The summed E-state index contributed by atoms with van der Waals surface area (Å²) in [7, 11) is 0. The van der Waals surface area contributed by atoms with Gasteiger partial charge in [-0.2, -0.15) is 0 Å². The third-order valence-corrected chi connectivity index (χ3v) is 2.02. The van der Waals surface area contributed by atoms with Gasteiger partial charge in [0.1, 0.15) is 5.69 Å². The first-order valence-corrected chi connectivity index (χ1v) is 3.87. The summed E-state index contributed by atoms with van der Waals surface area (Å²) >= 11 is 0. The highest BCUT2D eigenvalue weighted by Crippen LogP contribution is 2.32. The summed E-state index contributed by atoms with van der Waals surface area (Å²) < 4.78 is 0. The van der Waals surface area contributed by atoms with Crippen molar-refractivity contribution in [1.82, 2.24) is 0 Å². The Morgan fingerprint density at radius 3 is 2.64 bits per heavy atom. The number of nitro benzene ring substituents is 1. The van der Waals surface area contributed by atoms with Crippen molar-refractivity contribution in [3.63, 3.8) is 0 Å². The second-order valence-electron chi connectivity index (χ2n) is 2.82. The van der Waals surface area contributed by atoms with Crippen LogP contribution in [0.15, 0.2) is 17.2 Å². The second kappa shape index (κ2) is 3.76. The fourth-order valence-corrected chi connectivity index (χ4v) is 1.11. The van der Waals surface area contributed by atoms with Gasteiger partial charge >= 0.3 is 0 Å². The zero-order chi connectivity index (χ0) is 10.7.